The highest BCUT2D eigenvalue weighted by molar-refractivity contribution is 5.90. The first-order chi connectivity index (χ1) is 17.2. The number of amides is 2. The van der Waals surface area contributed by atoms with Crippen molar-refractivity contribution in [2.75, 3.05) is 19.7 Å². The predicted octanol–water partition coefficient (Wildman–Crippen LogP) is 4.08. The van der Waals surface area contributed by atoms with Gasteiger partial charge in [-0.15, -0.1) is 0 Å². The molecule has 0 radical (unpaired) electrons. The van der Waals surface area contributed by atoms with Gasteiger partial charge in [0.1, 0.15) is 11.4 Å². The molecule has 8 heteroatoms. The summed E-state index contributed by atoms with van der Waals surface area (Å²) in [7, 11) is 0. The van der Waals surface area contributed by atoms with E-state index in [2.05, 4.69) is 10.3 Å². The van der Waals surface area contributed by atoms with Gasteiger partial charge in [-0.25, -0.2) is 4.79 Å². The number of likely N-dealkylation sites (tertiary alicyclic amines) is 1. The van der Waals surface area contributed by atoms with Crippen molar-refractivity contribution in [2.45, 2.75) is 73.0 Å². The van der Waals surface area contributed by atoms with Gasteiger partial charge in [0.2, 0.25) is 11.8 Å². The molecule has 2 N–H and O–H groups in total. The number of rotatable bonds is 10. The summed E-state index contributed by atoms with van der Waals surface area (Å²) in [5, 5.41) is 3.02. The number of aromatic amines is 1. The second-order valence-electron chi connectivity index (χ2n) is 9.66. The van der Waals surface area contributed by atoms with E-state index in [9.17, 15) is 14.4 Å². The van der Waals surface area contributed by atoms with E-state index >= 15 is 0 Å². The van der Waals surface area contributed by atoms with Crippen molar-refractivity contribution in [3.8, 4) is 5.75 Å². The third kappa shape index (κ3) is 7.12. The lowest BCUT2D eigenvalue weighted by atomic mass is 9.96. The lowest BCUT2D eigenvalue weighted by Crippen LogP contribution is -2.45. The van der Waals surface area contributed by atoms with Crippen molar-refractivity contribution in [1.82, 2.24) is 15.2 Å². The molecule has 0 saturated carbocycles. The molecule has 1 saturated heterocycles. The topological polar surface area (TPSA) is 101 Å². The zero-order chi connectivity index (χ0) is 26.2. The summed E-state index contributed by atoms with van der Waals surface area (Å²) in [6.45, 7) is 11.4. The molecule has 1 aliphatic heterocycles. The Morgan fingerprint density at radius 1 is 1.17 bits per heavy atom. The lowest BCUT2D eigenvalue weighted by Gasteiger charge is -2.32. The van der Waals surface area contributed by atoms with Gasteiger partial charge in [0.05, 0.1) is 18.6 Å². The number of piperidine rings is 1. The number of carbonyl (C=O) groups excluding carboxylic acids is 3. The van der Waals surface area contributed by atoms with E-state index in [0.29, 0.717) is 44.8 Å². The molecule has 0 bridgehead atoms. The van der Waals surface area contributed by atoms with Crippen molar-refractivity contribution in [3.05, 3.63) is 52.3 Å². The van der Waals surface area contributed by atoms with Crippen LogP contribution in [0.1, 0.15) is 72.9 Å². The van der Waals surface area contributed by atoms with Crippen LogP contribution in [0.2, 0.25) is 0 Å². The number of aromatic nitrogens is 1. The van der Waals surface area contributed by atoms with E-state index in [-0.39, 0.29) is 29.8 Å². The van der Waals surface area contributed by atoms with Gasteiger partial charge in [-0.2, -0.15) is 0 Å². The van der Waals surface area contributed by atoms with Crippen molar-refractivity contribution >= 4 is 17.8 Å². The molecular weight excluding hydrogens is 458 g/mol. The van der Waals surface area contributed by atoms with Crippen LogP contribution in [-0.2, 0) is 27.3 Å². The molecule has 1 fully saturated rings. The Labute approximate surface area is 213 Å². The molecule has 2 amide bonds. The second kappa shape index (κ2) is 12.6. The fourth-order valence-electron chi connectivity index (χ4n) is 4.67. The van der Waals surface area contributed by atoms with E-state index in [1.165, 1.54) is 0 Å². The van der Waals surface area contributed by atoms with Crippen molar-refractivity contribution in [2.24, 2.45) is 5.92 Å². The number of nitrogens with zero attached hydrogens (tertiary/aromatic N) is 1. The molecule has 1 aliphatic rings. The van der Waals surface area contributed by atoms with Gasteiger partial charge >= 0.3 is 5.97 Å². The quantitative estimate of drug-likeness (QED) is 0.482. The van der Waals surface area contributed by atoms with E-state index < -0.39 is 0 Å². The summed E-state index contributed by atoms with van der Waals surface area (Å²) in [5.74, 6) is 0.235. The average Bonchev–Trinajstić information content (AvgIpc) is 3.14. The summed E-state index contributed by atoms with van der Waals surface area (Å²) in [6.07, 6.45) is 2.57. The number of esters is 1. The van der Waals surface area contributed by atoms with Gasteiger partial charge < -0.3 is 24.7 Å². The molecule has 1 aromatic heterocycles. The first kappa shape index (κ1) is 27.3. The molecule has 0 spiro atoms. The maximum atomic E-state index is 13.0. The normalized spacial score (nSPS) is 15.6. The van der Waals surface area contributed by atoms with E-state index in [1.807, 2.05) is 52.0 Å². The molecular formula is C28H39N3O5. The smallest absolute Gasteiger partial charge is 0.355 e. The van der Waals surface area contributed by atoms with Crippen molar-refractivity contribution in [1.29, 1.82) is 0 Å². The Morgan fingerprint density at radius 3 is 2.56 bits per heavy atom. The number of aryl methyl sites for hydroxylation is 1. The molecule has 2 heterocycles. The highest BCUT2D eigenvalue weighted by atomic mass is 16.5. The maximum Gasteiger partial charge on any atom is 0.355 e. The van der Waals surface area contributed by atoms with Crippen LogP contribution in [0, 0.1) is 19.8 Å². The van der Waals surface area contributed by atoms with Crippen molar-refractivity contribution < 1.29 is 23.9 Å². The second-order valence-corrected chi connectivity index (χ2v) is 9.66. The zero-order valence-electron chi connectivity index (χ0n) is 22.1. The number of H-pyrrole nitrogens is 1. The van der Waals surface area contributed by atoms with Crippen LogP contribution in [0.25, 0.3) is 0 Å². The Morgan fingerprint density at radius 2 is 1.89 bits per heavy atom. The Kier molecular flexibility index (Phi) is 9.56. The first-order valence-electron chi connectivity index (χ1n) is 12.9. The minimum Gasteiger partial charge on any atom is -0.491 e. The van der Waals surface area contributed by atoms with Gasteiger partial charge in [-0.1, -0.05) is 12.1 Å². The zero-order valence-corrected chi connectivity index (χ0v) is 22.1. The van der Waals surface area contributed by atoms with Crippen LogP contribution < -0.4 is 10.1 Å². The van der Waals surface area contributed by atoms with Crippen LogP contribution in [0.3, 0.4) is 0 Å². The van der Waals surface area contributed by atoms with Crippen LogP contribution in [0.15, 0.2) is 24.3 Å². The van der Waals surface area contributed by atoms with Gasteiger partial charge in [-0.3, -0.25) is 9.59 Å². The number of benzene rings is 1. The monoisotopic (exact) mass is 497 g/mol. The Balaban J connectivity index is 1.50. The molecule has 0 unspecified atom stereocenters. The van der Waals surface area contributed by atoms with E-state index in [4.69, 9.17) is 9.47 Å². The largest absolute Gasteiger partial charge is 0.491 e. The molecule has 196 valence electrons. The summed E-state index contributed by atoms with van der Waals surface area (Å²) in [4.78, 5) is 42.8. The fraction of sp³-hybridized carbons (Fsp3) is 0.536. The lowest BCUT2D eigenvalue weighted by molar-refractivity contribution is -0.135. The number of carbonyl (C=O) groups is 3. The summed E-state index contributed by atoms with van der Waals surface area (Å²) >= 11 is 0. The number of hydrogen-bond acceptors (Lipinski definition) is 5. The van der Waals surface area contributed by atoms with Gasteiger partial charge in [0.25, 0.3) is 0 Å². The standard InChI is InChI=1S/C28H39N3O5/c1-6-35-28(34)26-19(4)24(20(5)30-26)13-14-25(32)31-15-7-8-22(17-31)27(33)29-16-21-9-11-23(12-10-21)36-18(2)3/h9-12,18,22,30H,6-8,13-17H2,1-5H3,(H,29,33)/t22-/m1/s1. The SMILES string of the molecule is CCOC(=O)c1[nH]c(C)c(CCC(=O)N2CCC[C@@H](C(=O)NCc3ccc(OC(C)C)cc3)C2)c1C. The molecule has 36 heavy (non-hydrogen) atoms. The highest BCUT2D eigenvalue weighted by Gasteiger charge is 2.28. The average molecular weight is 498 g/mol. The van der Waals surface area contributed by atoms with Gasteiger partial charge in [0.15, 0.2) is 0 Å². The van der Waals surface area contributed by atoms with Crippen LogP contribution in [-0.4, -0.2) is 53.5 Å². The molecule has 1 aromatic carbocycles. The highest BCUT2D eigenvalue weighted by Crippen LogP contribution is 2.23. The molecule has 1 atom stereocenters. The summed E-state index contributed by atoms with van der Waals surface area (Å²) in [5.41, 5.74) is 4.14. The van der Waals surface area contributed by atoms with E-state index in [1.54, 1.807) is 11.8 Å². The molecule has 8 nitrogen and oxygen atoms in total. The van der Waals surface area contributed by atoms with Gasteiger partial charge in [0, 0.05) is 31.7 Å². The number of nitrogens with one attached hydrogen (secondary N) is 2. The van der Waals surface area contributed by atoms with Crippen LogP contribution >= 0.6 is 0 Å². The number of hydrogen-bond donors (Lipinski definition) is 2. The number of ether oxygens (including phenoxy) is 2. The predicted molar refractivity (Wildman–Crippen MR) is 138 cm³/mol. The minimum atomic E-state index is -0.375. The fourth-order valence-corrected chi connectivity index (χ4v) is 4.67. The molecule has 3 rings (SSSR count). The summed E-state index contributed by atoms with van der Waals surface area (Å²) in [6, 6.07) is 7.72. The van der Waals surface area contributed by atoms with Crippen LogP contribution in [0.4, 0.5) is 0 Å². The van der Waals surface area contributed by atoms with Gasteiger partial charge in [-0.05, 0) is 82.7 Å². The maximum absolute atomic E-state index is 13.0. The third-order valence-electron chi connectivity index (χ3n) is 6.57. The van der Waals surface area contributed by atoms with Crippen LogP contribution in [0.5, 0.6) is 5.75 Å². The first-order valence-corrected chi connectivity index (χ1v) is 12.9. The Bertz CT molecular complexity index is 1060. The Hall–Kier alpha value is -3.29. The van der Waals surface area contributed by atoms with Crippen molar-refractivity contribution in [3.63, 3.8) is 0 Å². The molecule has 0 aliphatic carbocycles. The molecule has 2 aromatic rings. The minimum absolute atomic E-state index is 0.0218. The summed E-state index contributed by atoms with van der Waals surface area (Å²) < 4.78 is 10.8. The van der Waals surface area contributed by atoms with E-state index in [0.717, 1.165) is 41.0 Å². The third-order valence-corrected chi connectivity index (χ3v) is 6.57.